The molecule has 0 bridgehead atoms. The summed E-state index contributed by atoms with van der Waals surface area (Å²) in [7, 11) is 1.89. The predicted octanol–water partition coefficient (Wildman–Crippen LogP) is 2.27. The van der Waals surface area contributed by atoms with Crippen molar-refractivity contribution in [3.8, 4) is 0 Å². The monoisotopic (exact) mass is 245 g/mol. The van der Waals surface area contributed by atoms with Crippen LogP contribution >= 0.6 is 15.9 Å². The molecule has 4 heteroatoms. The van der Waals surface area contributed by atoms with E-state index in [0.29, 0.717) is 12.2 Å². The summed E-state index contributed by atoms with van der Waals surface area (Å²) >= 11 is 3.34. The first-order valence-corrected chi connectivity index (χ1v) is 4.86. The highest BCUT2D eigenvalue weighted by molar-refractivity contribution is 9.10. The van der Waals surface area contributed by atoms with Gasteiger partial charge in [0, 0.05) is 12.7 Å². The molecule has 1 aromatic heterocycles. The van der Waals surface area contributed by atoms with E-state index in [1.54, 1.807) is 13.0 Å². The second kappa shape index (κ2) is 3.96. The standard InChI is InChI=1S/C9H12BrNO2/c1-4-13-9(12)7-5-8(10)11(3)6(7)2/h5H,4H2,1-3H3. The van der Waals surface area contributed by atoms with Crippen LogP contribution in [0.1, 0.15) is 23.0 Å². The van der Waals surface area contributed by atoms with Gasteiger partial charge in [-0.25, -0.2) is 4.79 Å². The van der Waals surface area contributed by atoms with Crippen molar-refractivity contribution in [2.75, 3.05) is 6.61 Å². The fourth-order valence-electron chi connectivity index (χ4n) is 1.08. The maximum atomic E-state index is 11.4. The van der Waals surface area contributed by atoms with Crippen molar-refractivity contribution in [1.29, 1.82) is 0 Å². The van der Waals surface area contributed by atoms with Gasteiger partial charge >= 0.3 is 5.97 Å². The molecule has 0 unspecified atom stereocenters. The Kier molecular flexibility index (Phi) is 3.14. The lowest BCUT2D eigenvalue weighted by Gasteiger charge is -2.01. The largest absolute Gasteiger partial charge is 0.462 e. The fourth-order valence-corrected chi connectivity index (χ4v) is 1.57. The van der Waals surface area contributed by atoms with Crippen LogP contribution in [0, 0.1) is 6.92 Å². The van der Waals surface area contributed by atoms with E-state index in [1.807, 2.05) is 18.5 Å². The van der Waals surface area contributed by atoms with Crippen molar-refractivity contribution < 1.29 is 9.53 Å². The molecule has 0 aliphatic carbocycles. The molecule has 0 saturated heterocycles. The average molecular weight is 246 g/mol. The maximum Gasteiger partial charge on any atom is 0.339 e. The van der Waals surface area contributed by atoms with Crippen LogP contribution in [0.3, 0.4) is 0 Å². The van der Waals surface area contributed by atoms with Gasteiger partial charge in [-0.1, -0.05) is 0 Å². The van der Waals surface area contributed by atoms with Gasteiger partial charge in [0.25, 0.3) is 0 Å². The second-order valence-electron chi connectivity index (χ2n) is 2.75. The topological polar surface area (TPSA) is 31.2 Å². The van der Waals surface area contributed by atoms with E-state index in [9.17, 15) is 4.79 Å². The van der Waals surface area contributed by atoms with Gasteiger partial charge < -0.3 is 9.30 Å². The summed E-state index contributed by atoms with van der Waals surface area (Å²) in [5.74, 6) is -0.263. The number of hydrogen-bond donors (Lipinski definition) is 0. The molecule has 3 nitrogen and oxygen atoms in total. The number of rotatable bonds is 2. The summed E-state index contributed by atoms with van der Waals surface area (Å²) in [4.78, 5) is 11.4. The normalized spacial score (nSPS) is 10.2. The molecular formula is C9H12BrNO2. The minimum atomic E-state index is -0.263. The molecule has 0 aromatic carbocycles. The number of aromatic nitrogens is 1. The first kappa shape index (κ1) is 10.3. The SMILES string of the molecule is CCOC(=O)c1cc(Br)n(C)c1C. The van der Waals surface area contributed by atoms with Crippen LogP contribution in [0.2, 0.25) is 0 Å². The number of halogens is 1. The number of esters is 1. The summed E-state index contributed by atoms with van der Waals surface area (Å²) in [5.41, 5.74) is 1.53. The highest BCUT2D eigenvalue weighted by Crippen LogP contribution is 2.19. The smallest absolute Gasteiger partial charge is 0.339 e. The molecule has 0 amide bonds. The van der Waals surface area contributed by atoms with Crippen LogP contribution in [-0.4, -0.2) is 17.1 Å². The molecule has 0 spiro atoms. The maximum absolute atomic E-state index is 11.4. The quantitative estimate of drug-likeness (QED) is 0.749. The summed E-state index contributed by atoms with van der Waals surface area (Å²) in [6.45, 7) is 4.09. The predicted molar refractivity (Wildman–Crippen MR) is 53.8 cm³/mol. The molecule has 72 valence electrons. The molecule has 0 aliphatic heterocycles. The minimum absolute atomic E-state index is 0.263. The molecule has 0 fully saturated rings. The number of carbonyl (C=O) groups excluding carboxylic acids is 1. The van der Waals surface area contributed by atoms with Gasteiger partial charge in [0.1, 0.15) is 0 Å². The van der Waals surface area contributed by atoms with Crippen LogP contribution in [0.5, 0.6) is 0 Å². The van der Waals surface area contributed by atoms with Crippen molar-refractivity contribution >= 4 is 21.9 Å². The van der Waals surface area contributed by atoms with E-state index in [1.165, 1.54) is 0 Å². The zero-order valence-corrected chi connectivity index (χ0v) is 9.51. The number of ether oxygens (including phenoxy) is 1. The van der Waals surface area contributed by atoms with Crippen molar-refractivity contribution in [3.05, 3.63) is 21.9 Å². The highest BCUT2D eigenvalue weighted by atomic mass is 79.9. The molecule has 13 heavy (non-hydrogen) atoms. The molecule has 1 aromatic rings. The van der Waals surface area contributed by atoms with E-state index >= 15 is 0 Å². The van der Waals surface area contributed by atoms with Gasteiger partial charge in [-0.2, -0.15) is 0 Å². The summed E-state index contributed by atoms with van der Waals surface area (Å²) in [5, 5.41) is 0. The van der Waals surface area contributed by atoms with Gasteiger partial charge in [0.2, 0.25) is 0 Å². The van der Waals surface area contributed by atoms with Gasteiger partial charge in [-0.05, 0) is 35.8 Å². The molecule has 0 radical (unpaired) electrons. The third-order valence-electron chi connectivity index (χ3n) is 1.97. The van der Waals surface area contributed by atoms with Crippen LogP contribution < -0.4 is 0 Å². The van der Waals surface area contributed by atoms with E-state index in [4.69, 9.17) is 4.74 Å². The summed E-state index contributed by atoms with van der Waals surface area (Å²) in [6, 6.07) is 1.77. The summed E-state index contributed by atoms with van der Waals surface area (Å²) in [6.07, 6.45) is 0. The fraction of sp³-hybridized carbons (Fsp3) is 0.444. The number of nitrogens with zero attached hydrogens (tertiary/aromatic N) is 1. The van der Waals surface area contributed by atoms with Crippen molar-refractivity contribution in [2.24, 2.45) is 7.05 Å². The van der Waals surface area contributed by atoms with Gasteiger partial charge in [-0.15, -0.1) is 0 Å². The Morgan fingerprint density at radius 3 is 2.69 bits per heavy atom. The zero-order valence-electron chi connectivity index (χ0n) is 7.93. The van der Waals surface area contributed by atoms with E-state index in [2.05, 4.69) is 15.9 Å². The first-order valence-electron chi connectivity index (χ1n) is 4.06. The molecule has 0 atom stereocenters. The zero-order chi connectivity index (χ0) is 10.0. The Hall–Kier alpha value is -0.770. The molecular weight excluding hydrogens is 234 g/mol. The van der Waals surface area contributed by atoms with Gasteiger partial charge in [0.15, 0.2) is 0 Å². The first-order chi connectivity index (χ1) is 6.07. The Morgan fingerprint density at radius 1 is 1.69 bits per heavy atom. The molecule has 0 saturated carbocycles. The van der Waals surface area contributed by atoms with Crippen molar-refractivity contribution in [1.82, 2.24) is 4.57 Å². The van der Waals surface area contributed by atoms with Gasteiger partial charge in [0.05, 0.1) is 16.8 Å². The van der Waals surface area contributed by atoms with E-state index in [-0.39, 0.29) is 5.97 Å². The van der Waals surface area contributed by atoms with E-state index in [0.717, 1.165) is 10.3 Å². The lowest BCUT2D eigenvalue weighted by molar-refractivity contribution is 0.0525. The Morgan fingerprint density at radius 2 is 2.31 bits per heavy atom. The Bertz CT molecular complexity index is 331. The van der Waals surface area contributed by atoms with Crippen LogP contribution in [0.4, 0.5) is 0 Å². The van der Waals surface area contributed by atoms with Gasteiger partial charge in [-0.3, -0.25) is 0 Å². The number of carbonyl (C=O) groups is 1. The minimum Gasteiger partial charge on any atom is -0.462 e. The molecule has 1 heterocycles. The van der Waals surface area contributed by atoms with Crippen LogP contribution in [0.25, 0.3) is 0 Å². The lowest BCUT2D eigenvalue weighted by Crippen LogP contribution is -2.05. The average Bonchev–Trinajstić information content (AvgIpc) is 2.33. The van der Waals surface area contributed by atoms with Crippen molar-refractivity contribution in [3.63, 3.8) is 0 Å². The molecule has 1 rings (SSSR count). The third kappa shape index (κ3) is 1.94. The Balaban J connectivity index is 3.01. The highest BCUT2D eigenvalue weighted by Gasteiger charge is 2.14. The third-order valence-corrected chi connectivity index (χ3v) is 2.73. The van der Waals surface area contributed by atoms with Crippen LogP contribution in [-0.2, 0) is 11.8 Å². The van der Waals surface area contributed by atoms with E-state index < -0.39 is 0 Å². The Labute approximate surface area is 85.8 Å². The molecule has 0 N–H and O–H groups in total. The summed E-state index contributed by atoms with van der Waals surface area (Å²) < 4.78 is 7.68. The van der Waals surface area contributed by atoms with Crippen LogP contribution in [0.15, 0.2) is 10.7 Å². The number of hydrogen-bond acceptors (Lipinski definition) is 2. The van der Waals surface area contributed by atoms with Crippen molar-refractivity contribution in [2.45, 2.75) is 13.8 Å². The second-order valence-corrected chi connectivity index (χ2v) is 3.56. The molecule has 0 aliphatic rings. The lowest BCUT2D eigenvalue weighted by atomic mass is 10.2.